The van der Waals surface area contributed by atoms with E-state index in [0.29, 0.717) is 32.1 Å². The summed E-state index contributed by atoms with van der Waals surface area (Å²) >= 11 is 0. The van der Waals surface area contributed by atoms with E-state index in [1.54, 1.807) is 0 Å². The summed E-state index contributed by atoms with van der Waals surface area (Å²) in [5, 5.41) is 10.4. The van der Waals surface area contributed by atoms with E-state index in [1.807, 2.05) is 4.90 Å². The van der Waals surface area contributed by atoms with Crippen molar-refractivity contribution >= 4 is 5.91 Å². The Morgan fingerprint density at radius 3 is 2.93 bits per heavy atom. The lowest BCUT2D eigenvalue weighted by atomic mass is 9.89. The minimum Gasteiger partial charge on any atom is -0.371 e. The van der Waals surface area contributed by atoms with Crippen molar-refractivity contribution in [1.29, 1.82) is 0 Å². The Bertz CT molecular complexity index is 752. The summed E-state index contributed by atoms with van der Waals surface area (Å²) in [6.45, 7) is 6.21. The molecule has 2 aliphatic heterocycles. The van der Waals surface area contributed by atoms with Gasteiger partial charge in [-0.1, -0.05) is 12.1 Å². The number of hydrogen-bond donors (Lipinski definition) is 1. The van der Waals surface area contributed by atoms with Crippen LogP contribution in [0.1, 0.15) is 48.5 Å². The summed E-state index contributed by atoms with van der Waals surface area (Å²) in [7, 11) is 0. The maximum absolute atomic E-state index is 12.5. The monoisotopic (exact) mass is 375 g/mol. The Morgan fingerprint density at radius 1 is 1.33 bits per heavy atom. The third-order valence-electron chi connectivity index (χ3n) is 5.26. The van der Waals surface area contributed by atoms with Crippen LogP contribution in [0.5, 0.6) is 0 Å². The third-order valence-corrected chi connectivity index (χ3v) is 5.26. The van der Waals surface area contributed by atoms with Gasteiger partial charge in [-0.3, -0.25) is 14.8 Å². The molecule has 0 aromatic carbocycles. The average Bonchev–Trinajstić information content (AvgIpc) is 3.36. The van der Waals surface area contributed by atoms with Gasteiger partial charge < -0.3 is 14.2 Å². The number of carbonyl (C=O) groups excluding carboxylic acids is 1. The van der Waals surface area contributed by atoms with Gasteiger partial charge in [0.1, 0.15) is 6.33 Å². The molecule has 2 saturated heterocycles. The molecule has 1 N–H and O–H groups in total. The van der Waals surface area contributed by atoms with Gasteiger partial charge in [0.2, 0.25) is 11.7 Å². The number of ether oxygens (including phenoxy) is 1. The molecule has 4 heterocycles. The number of aryl methyl sites for hydroxylation is 1. The van der Waals surface area contributed by atoms with E-state index in [2.05, 4.69) is 37.1 Å². The van der Waals surface area contributed by atoms with Crippen molar-refractivity contribution in [3.05, 3.63) is 23.9 Å². The van der Waals surface area contributed by atoms with Gasteiger partial charge in [0.15, 0.2) is 5.82 Å². The fourth-order valence-corrected chi connectivity index (χ4v) is 3.77. The first kappa shape index (κ1) is 18.1. The lowest BCUT2D eigenvalue weighted by molar-refractivity contribution is -0.128. The molecular formula is C17H25N7O3. The minimum absolute atomic E-state index is 0.119. The van der Waals surface area contributed by atoms with Crippen LogP contribution in [0.25, 0.3) is 0 Å². The number of H-pyrrole nitrogens is 1. The largest absolute Gasteiger partial charge is 0.371 e. The van der Waals surface area contributed by atoms with E-state index in [4.69, 9.17) is 9.26 Å². The molecule has 2 aromatic rings. The summed E-state index contributed by atoms with van der Waals surface area (Å²) in [5.74, 6) is 1.61. The molecular weight excluding hydrogens is 350 g/mol. The van der Waals surface area contributed by atoms with Gasteiger partial charge in [0.25, 0.3) is 5.91 Å². The van der Waals surface area contributed by atoms with Crippen molar-refractivity contribution in [1.82, 2.24) is 35.1 Å². The zero-order valence-electron chi connectivity index (χ0n) is 15.6. The average molecular weight is 375 g/mol. The normalized spacial score (nSPS) is 20.3. The molecule has 0 atom stereocenters. The minimum atomic E-state index is -0.285. The van der Waals surface area contributed by atoms with Crippen molar-refractivity contribution in [3.8, 4) is 0 Å². The molecule has 0 unspecified atom stereocenters. The van der Waals surface area contributed by atoms with Crippen LogP contribution < -0.4 is 0 Å². The van der Waals surface area contributed by atoms with Gasteiger partial charge in [0, 0.05) is 26.1 Å². The number of nitrogens with one attached hydrogen (secondary N) is 1. The van der Waals surface area contributed by atoms with Crippen molar-refractivity contribution in [2.75, 3.05) is 32.8 Å². The Labute approximate surface area is 157 Å². The molecule has 1 spiro atoms. The highest BCUT2D eigenvalue weighted by Crippen LogP contribution is 2.31. The van der Waals surface area contributed by atoms with Gasteiger partial charge >= 0.3 is 0 Å². The molecule has 146 valence electrons. The lowest BCUT2D eigenvalue weighted by Crippen LogP contribution is -2.58. The van der Waals surface area contributed by atoms with Crippen LogP contribution in [0, 0.1) is 0 Å². The van der Waals surface area contributed by atoms with Crippen molar-refractivity contribution < 1.29 is 14.1 Å². The van der Waals surface area contributed by atoms with Crippen molar-refractivity contribution in [2.45, 2.75) is 44.8 Å². The predicted molar refractivity (Wildman–Crippen MR) is 93.8 cm³/mol. The van der Waals surface area contributed by atoms with Crippen LogP contribution in [-0.2, 0) is 17.7 Å². The maximum atomic E-state index is 12.5. The molecule has 2 fully saturated rings. The highest BCUT2D eigenvalue weighted by Gasteiger charge is 2.41. The van der Waals surface area contributed by atoms with Crippen LogP contribution in [0.4, 0.5) is 0 Å². The number of aromatic nitrogens is 5. The summed E-state index contributed by atoms with van der Waals surface area (Å²) in [6, 6.07) is 0. The Balaban J connectivity index is 1.32. The number of nitrogens with zero attached hydrogens (tertiary/aromatic N) is 6. The van der Waals surface area contributed by atoms with E-state index >= 15 is 0 Å². The highest BCUT2D eigenvalue weighted by molar-refractivity contribution is 5.90. The number of rotatable bonds is 5. The quantitative estimate of drug-likeness (QED) is 0.810. The number of piperidine rings is 1. The Hall–Kier alpha value is -2.33. The van der Waals surface area contributed by atoms with Crippen LogP contribution in [0.3, 0.4) is 0 Å². The van der Waals surface area contributed by atoms with Crippen LogP contribution >= 0.6 is 0 Å². The first-order valence-corrected chi connectivity index (χ1v) is 9.50. The molecule has 0 radical (unpaired) electrons. The summed E-state index contributed by atoms with van der Waals surface area (Å²) in [5.41, 5.74) is -0.285. The number of likely N-dealkylation sites (tertiary alicyclic amines) is 1. The Kier molecular flexibility index (Phi) is 5.17. The number of hydrogen-bond acceptors (Lipinski definition) is 8. The van der Waals surface area contributed by atoms with E-state index in [0.717, 1.165) is 44.6 Å². The first-order valence-electron chi connectivity index (χ1n) is 9.50. The van der Waals surface area contributed by atoms with Crippen molar-refractivity contribution in [2.24, 2.45) is 0 Å². The van der Waals surface area contributed by atoms with Crippen LogP contribution in [-0.4, -0.2) is 79.4 Å². The topological polar surface area (TPSA) is 113 Å². The fraction of sp³-hybridized carbons (Fsp3) is 0.706. The number of amides is 1. The van der Waals surface area contributed by atoms with Crippen LogP contribution in [0.2, 0.25) is 0 Å². The summed E-state index contributed by atoms with van der Waals surface area (Å²) in [4.78, 5) is 25.1. The SMILES string of the molecule is CCCc1noc(CN2CCC3(CC2)CN(C(=O)c2ncn[nH]2)CCO3)n1. The predicted octanol–water partition coefficient (Wildman–Crippen LogP) is 0.647. The second-order valence-corrected chi connectivity index (χ2v) is 7.22. The summed E-state index contributed by atoms with van der Waals surface area (Å²) < 4.78 is 11.5. The zero-order valence-corrected chi connectivity index (χ0v) is 15.6. The van der Waals surface area contributed by atoms with Crippen LogP contribution in [0.15, 0.2) is 10.9 Å². The third kappa shape index (κ3) is 4.01. The molecule has 10 nitrogen and oxygen atoms in total. The summed E-state index contributed by atoms with van der Waals surface area (Å²) in [6.07, 6.45) is 4.93. The number of aromatic amines is 1. The molecule has 0 aliphatic carbocycles. The van der Waals surface area contributed by atoms with E-state index < -0.39 is 0 Å². The van der Waals surface area contributed by atoms with E-state index in [1.165, 1.54) is 6.33 Å². The van der Waals surface area contributed by atoms with E-state index in [9.17, 15) is 4.79 Å². The molecule has 2 aliphatic rings. The standard InChI is InChI=1S/C17H25N7O3/c1-2-3-13-20-14(27-22-13)10-23-6-4-17(5-7-23)11-24(8-9-26-17)16(25)15-18-12-19-21-15/h12H,2-11H2,1H3,(H,18,19,21). The highest BCUT2D eigenvalue weighted by atomic mass is 16.5. The second-order valence-electron chi connectivity index (χ2n) is 7.22. The molecule has 0 saturated carbocycles. The molecule has 2 aromatic heterocycles. The first-order chi connectivity index (χ1) is 13.2. The fourth-order valence-electron chi connectivity index (χ4n) is 3.77. The molecule has 27 heavy (non-hydrogen) atoms. The van der Waals surface area contributed by atoms with Gasteiger partial charge in [-0.25, -0.2) is 4.98 Å². The maximum Gasteiger partial charge on any atom is 0.291 e. The second kappa shape index (κ2) is 7.73. The van der Waals surface area contributed by atoms with E-state index in [-0.39, 0.29) is 17.3 Å². The smallest absolute Gasteiger partial charge is 0.291 e. The lowest BCUT2D eigenvalue weighted by Gasteiger charge is -2.46. The van der Waals surface area contributed by atoms with Gasteiger partial charge in [-0.2, -0.15) is 10.1 Å². The molecule has 0 bridgehead atoms. The zero-order chi connectivity index (χ0) is 18.7. The van der Waals surface area contributed by atoms with Gasteiger partial charge in [-0.05, 0) is 19.3 Å². The van der Waals surface area contributed by atoms with Gasteiger partial charge in [-0.15, -0.1) is 0 Å². The number of carbonyl (C=O) groups is 1. The molecule has 1 amide bonds. The van der Waals surface area contributed by atoms with Crippen molar-refractivity contribution in [3.63, 3.8) is 0 Å². The van der Waals surface area contributed by atoms with Gasteiger partial charge in [0.05, 0.1) is 25.3 Å². The molecule has 10 heteroatoms. The number of morpholine rings is 1. The Morgan fingerprint density at radius 2 is 2.19 bits per heavy atom. The molecule has 4 rings (SSSR count).